The zero-order chi connectivity index (χ0) is 38.6. The highest BCUT2D eigenvalue weighted by molar-refractivity contribution is 7.27. The van der Waals surface area contributed by atoms with Gasteiger partial charge in [-0.25, -0.2) is 9.97 Å². The lowest BCUT2D eigenvalue weighted by Gasteiger charge is -2.12. The molecule has 0 atom stereocenters. The molecule has 5 heteroatoms. The molecule has 4 aromatic heterocycles. The standard InChI is InChI=1S/C54H31N3S2/c1-2-10-35-29-36(22-19-32(35)9-1)33-17-20-34(21-18-33)52-42-13-3-6-14-45(42)55-54(56-52)57-46-26-23-37(38-24-28-50-43(30-38)40-12-5-7-15-48(40)58-50)31-44(46)51-47(57)27-25-41-39-11-4-8-16-49(39)59-53(41)51/h1-31H. The van der Waals surface area contributed by atoms with E-state index in [1.54, 1.807) is 0 Å². The van der Waals surface area contributed by atoms with E-state index in [1.807, 2.05) is 22.7 Å². The van der Waals surface area contributed by atoms with E-state index in [1.165, 1.54) is 84.1 Å². The van der Waals surface area contributed by atoms with Crippen molar-refractivity contribution < 1.29 is 0 Å². The van der Waals surface area contributed by atoms with Crippen LogP contribution in [0, 0.1) is 0 Å². The Morgan fingerprint density at radius 3 is 1.80 bits per heavy atom. The second kappa shape index (κ2) is 12.7. The van der Waals surface area contributed by atoms with Crippen molar-refractivity contribution in [2.75, 3.05) is 0 Å². The summed E-state index contributed by atoms with van der Waals surface area (Å²) in [7, 11) is 0. The maximum atomic E-state index is 5.47. The minimum Gasteiger partial charge on any atom is -0.278 e. The summed E-state index contributed by atoms with van der Waals surface area (Å²) < 4.78 is 7.49. The highest BCUT2D eigenvalue weighted by Gasteiger charge is 2.21. The van der Waals surface area contributed by atoms with E-state index in [0.29, 0.717) is 5.95 Å². The van der Waals surface area contributed by atoms with E-state index < -0.39 is 0 Å². The van der Waals surface area contributed by atoms with E-state index in [-0.39, 0.29) is 0 Å². The lowest BCUT2D eigenvalue weighted by Crippen LogP contribution is -2.03. The van der Waals surface area contributed by atoms with Crippen molar-refractivity contribution in [3.63, 3.8) is 0 Å². The van der Waals surface area contributed by atoms with E-state index in [2.05, 4.69) is 193 Å². The first-order valence-electron chi connectivity index (χ1n) is 19.9. The van der Waals surface area contributed by atoms with Crippen LogP contribution in [0.4, 0.5) is 0 Å². The van der Waals surface area contributed by atoms with Crippen molar-refractivity contribution in [2.45, 2.75) is 0 Å². The van der Waals surface area contributed by atoms with Gasteiger partial charge < -0.3 is 0 Å². The van der Waals surface area contributed by atoms with Gasteiger partial charge in [0, 0.05) is 62.1 Å². The van der Waals surface area contributed by atoms with Gasteiger partial charge in [0.05, 0.1) is 22.2 Å². The van der Waals surface area contributed by atoms with Crippen LogP contribution in [-0.4, -0.2) is 14.5 Å². The molecule has 0 unspecified atom stereocenters. The summed E-state index contributed by atoms with van der Waals surface area (Å²) in [6.07, 6.45) is 0. The molecule has 0 N–H and O–H groups in total. The predicted molar refractivity (Wildman–Crippen MR) is 253 cm³/mol. The van der Waals surface area contributed by atoms with Crippen molar-refractivity contribution in [1.82, 2.24) is 14.5 Å². The molecule has 0 aliphatic rings. The number of para-hydroxylation sites is 1. The molecule has 13 rings (SSSR count). The molecule has 274 valence electrons. The Bertz CT molecular complexity index is 3850. The van der Waals surface area contributed by atoms with Gasteiger partial charge in [-0.1, -0.05) is 133 Å². The molecule has 13 aromatic rings. The van der Waals surface area contributed by atoms with Crippen molar-refractivity contribution in [3.05, 3.63) is 188 Å². The summed E-state index contributed by atoms with van der Waals surface area (Å²) in [6, 6.07) is 68.3. The number of thiophene rings is 2. The van der Waals surface area contributed by atoms with E-state index in [0.717, 1.165) is 33.2 Å². The normalized spacial score (nSPS) is 12.1. The molecule has 0 amide bonds. The number of hydrogen-bond acceptors (Lipinski definition) is 4. The molecule has 0 radical (unpaired) electrons. The lowest BCUT2D eigenvalue weighted by molar-refractivity contribution is 1.01. The van der Waals surface area contributed by atoms with Crippen LogP contribution in [0.15, 0.2) is 188 Å². The Hall–Kier alpha value is -7.18. The van der Waals surface area contributed by atoms with Gasteiger partial charge in [0.15, 0.2) is 0 Å². The Morgan fingerprint density at radius 1 is 0.356 bits per heavy atom. The summed E-state index contributed by atoms with van der Waals surface area (Å²) in [5.74, 6) is 0.664. The van der Waals surface area contributed by atoms with Crippen molar-refractivity contribution in [1.29, 1.82) is 0 Å². The average Bonchev–Trinajstić information content (AvgIpc) is 3.97. The molecule has 9 aromatic carbocycles. The number of fused-ring (bicyclic) bond motifs is 12. The van der Waals surface area contributed by atoms with Crippen LogP contribution in [0.5, 0.6) is 0 Å². The van der Waals surface area contributed by atoms with Crippen LogP contribution < -0.4 is 0 Å². The molecule has 0 saturated carbocycles. The van der Waals surface area contributed by atoms with Crippen LogP contribution in [0.1, 0.15) is 0 Å². The summed E-state index contributed by atoms with van der Waals surface area (Å²) in [4.78, 5) is 10.8. The third-order valence-corrected chi connectivity index (χ3v) is 14.4. The number of nitrogens with zero attached hydrogens (tertiary/aromatic N) is 3. The SMILES string of the molecule is c1ccc2cc(-c3ccc(-c4nc(-n5c6ccc(-c7ccc8sc9ccccc9c8c7)cc6c6c7sc8ccccc8c7ccc65)nc5ccccc45)cc3)ccc2c1. The fourth-order valence-corrected chi connectivity index (χ4v) is 11.5. The molecule has 0 spiro atoms. The smallest absolute Gasteiger partial charge is 0.235 e. The summed E-state index contributed by atoms with van der Waals surface area (Å²) in [5.41, 5.74) is 9.85. The fourth-order valence-electron chi connectivity index (χ4n) is 9.16. The number of rotatable bonds is 4. The first-order chi connectivity index (χ1) is 29.2. The first-order valence-corrected chi connectivity index (χ1v) is 21.5. The minimum absolute atomic E-state index is 0.664. The summed E-state index contributed by atoms with van der Waals surface area (Å²) >= 11 is 3.73. The summed E-state index contributed by atoms with van der Waals surface area (Å²) in [6.45, 7) is 0. The number of benzene rings is 9. The summed E-state index contributed by atoms with van der Waals surface area (Å²) in [5, 5.41) is 11.1. The molecule has 59 heavy (non-hydrogen) atoms. The largest absolute Gasteiger partial charge is 0.278 e. The second-order valence-electron chi connectivity index (χ2n) is 15.3. The molecule has 4 heterocycles. The third-order valence-electron chi connectivity index (χ3n) is 12.0. The van der Waals surface area contributed by atoms with Gasteiger partial charge in [0.25, 0.3) is 0 Å². The van der Waals surface area contributed by atoms with Gasteiger partial charge in [-0.05, 0) is 87.6 Å². The second-order valence-corrected chi connectivity index (χ2v) is 17.5. The Morgan fingerprint density at radius 2 is 0.949 bits per heavy atom. The Labute approximate surface area is 346 Å². The van der Waals surface area contributed by atoms with Gasteiger partial charge in [-0.2, -0.15) is 0 Å². The van der Waals surface area contributed by atoms with Gasteiger partial charge in [-0.3, -0.25) is 4.57 Å². The van der Waals surface area contributed by atoms with E-state index in [4.69, 9.17) is 9.97 Å². The number of hydrogen-bond donors (Lipinski definition) is 0. The van der Waals surface area contributed by atoms with Gasteiger partial charge >= 0.3 is 0 Å². The van der Waals surface area contributed by atoms with Crippen LogP contribution in [0.3, 0.4) is 0 Å². The van der Waals surface area contributed by atoms with Gasteiger partial charge in [-0.15, -0.1) is 22.7 Å². The van der Waals surface area contributed by atoms with E-state index in [9.17, 15) is 0 Å². The number of aromatic nitrogens is 3. The Balaban J connectivity index is 1.03. The zero-order valence-electron chi connectivity index (χ0n) is 31.6. The molecular formula is C54H31N3S2. The molecule has 0 fully saturated rings. The van der Waals surface area contributed by atoms with Crippen molar-refractivity contribution >= 4 is 106 Å². The van der Waals surface area contributed by atoms with Crippen molar-refractivity contribution in [2.24, 2.45) is 0 Å². The predicted octanol–water partition coefficient (Wildman–Crippen LogP) is 15.6. The molecule has 0 aliphatic heterocycles. The first kappa shape index (κ1) is 32.9. The fraction of sp³-hybridized carbons (Fsp3) is 0. The quantitative estimate of drug-likeness (QED) is 0.178. The average molecular weight is 786 g/mol. The van der Waals surface area contributed by atoms with E-state index >= 15 is 0 Å². The zero-order valence-corrected chi connectivity index (χ0v) is 33.2. The van der Waals surface area contributed by atoms with Crippen LogP contribution >= 0.6 is 22.7 Å². The topological polar surface area (TPSA) is 30.7 Å². The van der Waals surface area contributed by atoms with Crippen molar-refractivity contribution in [3.8, 4) is 39.5 Å². The highest BCUT2D eigenvalue weighted by atomic mass is 32.1. The molecular weight excluding hydrogens is 755 g/mol. The highest BCUT2D eigenvalue weighted by Crippen LogP contribution is 2.45. The van der Waals surface area contributed by atoms with Crippen LogP contribution in [0.2, 0.25) is 0 Å². The maximum absolute atomic E-state index is 5.47. The van der Waals surface area contributed by atoms with Crippen LogP contribution in [0.25, 0.3) is 123 Å². The van der Waals surface area contributed by atoms with Gasteiger partial charge in [0.2, 0.25) is 5.95 Å². The molecule has 0 aliphatic carbocycles. The molecule has 0 bridgehead atoms. The molecule has 3 nitrogen and oxygen atoms in total. The van der Waals surface area contributed by atoms with Crippen LogP contribution in [-0.2, 0) is 0 Å². The minimum atomic E-state index is 0.664. The molecule has 0 saturated heterocycles. The monoisotopic (exact) mass is 785 g/mol. The third kappa shape index (κ3) is 5.05. The maximum Gasteiger partial charge on any atom is 0.235 e. The lowest BCUT2D eigenvalue weighted by atomic mass is 9.99. The van der Waals surface area contributed by atoms with Gasteiger partial charge in [0.1, 0.15) is 0 Å². The Kier molecular flexibility index (Phi) is 7.05.